The summed E-state index contributed by atoms with van der Waals surface area (Å²) in [5.74, 6) is 1.08. The number of carbonyl (C=O) groups excluding carboxylic acids is 1. The molecule has 0 bridgehead atoms. The molecular weight excluding hydrogens is 384 g/mol. The van der Waals surface area contributed by atoms with Crippen LogP contribution in [0.1, 0.15) is 15.9 Å². The highest BCUT2D eigenvalue weighted by Crippen LogP contribution is 2.34. The van der Waals surface area contributed by atoms with Crippen LogP contribution in [0.4, 0.5) is 0 Å². The van der Waals surface area contributed by atoms with Crippen molar-refractivity contribution in [2.45, 2.75) is 5.75 Å². The summed E-state index contributed by atoms with van der Waals surface area (Å²) in [6, 6.07) is 27.4. The third-order valence-corrected chi connectivity index (χ3v) is 6.42. The van der Waals surface area contributed by atoms with Crippen molar-refractivity contribution in [2.75, 3.05) is 5.75 Å². The number of carbonyl (C=O) groups is 1. The monoisotopic (exact) mass is 403 g/mol. The van der Waals surface area contributed by atoms with Gasteiger partial charge in [-0.25, -0.2) is 0 Å². The molecule has 0 amide bonds. The molecule has 3 rings (SSSR count). The number of hydrogen-bond donors (Lipinski definition) is 0. The van der Waals surface area contributed by atoms with Crippen molar-refractivity contribution in [3.05, 3.63) is 107 Å². The molecule has 0 aliphatic heterocycles. The Bertz CT molecular complexity index is 981. The van der Waals surface area contributed by atoms with E-state index in [1.54, 1.807) is 16.3 Å². The Labute approximate surface area is 173 Å². The third kappa shape index (κ3) is 5.59. The molecule has 138 valence electrons. The molecule has 1 heterocycles. The van der Waals surface area contributed by atoms with Gasteiger partial charge < -0.3 is 0 Å². The molecule has 2 aromatic carbocycles. The topological polar surface area (TPSA) is 44.7 Å². The SMILES string of the molecule is N#C/C(=C(/SCC(=O)c1ccccc1)SCc1ccccc1)[n+]1ccccc1. The van der Waals surface area contributed by atoms with Crippen LogP contribution in [0.2, 0.25) is 0 Å². The summed E-state index contributed by atoms with van der Waals surface area (Å²) in [4.78, 5) is 12.5. The Morgan fingerprint density at radius 3 is 2.11 bits per heavy atom. The fraction of sp³-hybridized carbons (Fsp3) is 0.0870. The fourth-order valence-electron chi connectivity index (χ4n) is 2.50. The molecule has 0 unspecified atom stereocenters. The van der Waals surface area contributed by atoms with E-state index in [9.17, 15) is 10.1 Å². The van der Waals surface area contributed by atoms with Gasteiger partial charge in [0.2, 0.25) is 0 Å². The quantitative estimate of drug-likeness (QED) is 0.296. The van der Waals surface area contributed by atoms with Crippen LogP contribution in [-0.4, -0.2) is 11.5 Å². The first-order chi connectivity index (χ1) is 13.8. The van der Waals surface area contributed by atoms with Crippen molar-refractivity contribution >= 4 is 35.0 Å². The summed E-state index contributed by atoms with van der Waals surface area (Å²) in [7, 11) is 0. The van der Waals surface area contributed by atoms with Gasteiger partial charge >= 0.3 is 5.70 Å². The molecule has 3 nitrogen and oxygen atoms in total. The van der Waals surface area contributed by atoms with Gasteiger partial charge in [0.25, 0.3) is 0 Å². The number of aromatic nitrogens is 1. The molecule has 0 fully saturated rings. The lowest BCUT2D eigenvalue weighted by molar-refractivity contribution is -0.577. The maximum absolute atomic E-state index is 12.5. The van der Waals surface area contributed by atoms with Crippen LogP contribution in [0.25, 0.3) is 5.70 Å². The summed E-state index contributed by atoms with van der Waals surface area (Å²) in [5.41, 5.74) is 2.40. The van der Waals surface area contributed by atoms with Gasteiger partial charge in [-0.15, -0.1) is 23.5 Å². The molecule has 0 N–H and O–H groups in total. The average Bonchev–Trinajstić information content (AvgIpc) is 2.77. The van der Waals surface area contributed by atoms with Gasteiger partial charge in [-0.2, -0.15) is 9.83 Å². The van der Waals surface area contributed by atoms with Crippen LogP contribution >= 0.6 is 23.5 Å². The first-order valence-corrected chi connectivity index (χ1v) is 10.7. The molecule has 0 aliphatic carbocycles. The summed E-state index contributed by atoms with van der Waals surface area (Å²) >= 11 is 3.01. The van der Waals surface area contributed by atoms with E-state index in [-0.39, 0.29) is 5.78 Å². The lowest BCUT2D eigenvalue weighted by Crippen LogP contribution is -2.31. The highest BCUT2D eigenvalue weighted by molar-refractivity contribution is 8.22. The number of Topliss-reactive ketones (excluding diaryl/α,β-unsaturated/α-hetero) is 1. The average molecular weight is 404 g/mol. The molecule has 0 aliphatic rings. The van der Waals surface area contributed by atoms with Gasteiger partial charge in [-0.1, -0.05) is 66.7 Å². The fourth-order valence-corrected chi connectivity index (χ4v) is 4.68. The van der Waals surface area contributed by atoms with Crippen LogP contribution in [0.5, 0.6) is 0 Å². The van der Waals surface area contributed by atoms with E-state index in [4.69, 9.17) is 0 Å². The van der Waals surface area contributed by atoms with Crippen molar-refractivity contribution in [3.8, 4) is 6.07 Å². The molecule has 1 aromatic heterocycles. The predicted molar refractivity (Wildman–Crippen MR) is 116 cm³/mol. The number of hydrogen-bond acceptors (Lipinski definition) is 4. The lowest BCUT2D eigenvalue weighted by Gasteiger charge is -2.07. The maximum Gasteiger partial charge on any atom is 0.308 e. The van der Waals surface area contributed by atoms with Crippen molar-refractivity contribution < 1.29 is 9.36 Å². The standard InChI is InChI=1S/C23H19N2OS2/c24-16-21(25-14-8-3-9-15-25)23(27-17-19-10-4-1-5-11-19)28-18-22(26)20-12-6-2-7-13-20/h1-15H,17-18H2/q+1/b23-21-. The number of ketones is 1. The van der Waals surface area contributed by atoms with E-state index in [2.05, 4.69) is 18.2 Å². The largest absolute Gasteiger partial charge is 0.308 e. The number of rotatable bonds is 8. The van der Waals surface area contributed by atoms with Gasteiger partial charge in [0.1, 0.15) is 4.24 Å². The van der Waals surface area contributed by atoms with Crippen molar-refractivity contribution in [1.82, 2.24) is 0 Å². The van der Waals surface area contributed by atoms with E-state index in [0.29, 0.717) is 17.0 Å². The normalized spacial score (nSPS) is 11.4. The maximum atomic E-state index is 12.5. The number of pyridine rings is 1. The van der Waals surface area contributed by atoms with Crippen LogP contribution in [0.15, 0.2) is 95.5 Å². The minimum Gasteiger partial charge on any atom is -0.293 e. The van der Waals surface area contributed by atoms with Crippen molar-refractivity contribution in [2.24, 2.45) is 0 Å². The number of nitriles is 1. The molecule has 0 spiro atoms. The van der Waals surface area contributed by atoms with Gasteiger partial charge in [-0.3, -0.25) is 4.79 Å². The van der Waals surface area contributed by atoms with Crippen LogP contribution in [-0.2, 0) is 5.75 Å². The molecule has 0 radical (unpaired) electrons. The molecular formula is C23H19N2OS2+. The molecule has 0 saturated heterocycles. The Hall–Kier alpha value is -2.81. The zero-order valence-electron chi connectivity index (χ0n) is 15.2. The zero-order valence-corrected chi connectivity index (χ0v) is 16.8. The number of nitrogens with zero attached hydrogens (tertiary/aromatic N) is 2. The molecule has 0 atom stereocenters. The highest BCUT2D eigenvalue weighted by Gasteiger charge is 2.19. The summed E-state index contributed by atoms with van der Waals surface area (Å²) in [6.07, 6.45) is 3.70. The van der Waals surface area contributed by atoms with Crippen LogP contribution in [0.3, 0.4) is 0 Å². The second-order valence-corrected chi connectivity index (χ2v) is 8.11. The van der Waals surface area contributed by atoms with E-state index >= 15 is 0 Å². The number of allylic oxidation sites excluding steroid dienone is 1. The molecule has 5 heteroatoms. The zero-order chi connectivity index (χ0) is 19.6. The van der Waals surface area contributed by atoms with E-state index < -0.39 is 0 Å². The molecule has 28 heavy (non-hydrogen) atoms. The van der Waals surface area contributed by atoms with E-state index in [1.807, 2.05) is 79.1 Å². The van der Waals surface area contributed by atoms with Crippen LogP contribution in [0, 0.1) is 11.3 Å². The minimum absolute atomic E-state index is 0.0544. The Balaban J connectivity index is 1.82. The minimum atomic E-state index is 0.0544. The summed E-state index contributed by atoms with van der Waals surface area (Å²) in [6.45, 7) is 0. The van der Waals surface area contributed by atoms with E-state index in [0.717, 1.165) is 9.99 Å². The summed E-state index contributed by atoms with van der Waals surface area (Å²) in [5, 5.41) is 9.79. The highest BCUT2D eigenvalue weighted by atomic mass is 32.2. The number of benzene rings is 2. The Morgan fingerprint density at radius 1 is 0.857 bits per heavy atom. The molecule has 0 saturated carbocycles. The first kappa shape index (κ1) is 19.9. The van der Waals surface area contributed by atoms with Crippen molar-refractivity contribution in [1.29, 1.82) is 5.26 Å². The van der Waals surface area contributed by atoms with Crippen LogP contribution < -0.4 is 4.57 Å². The van der Waals surface area contributed by atoms with Gasteiger partial charge in [0.05, 0.1) is 5.75 Å². The lowest BCUT2D eigenvalue weighted by atomic mass is 10.2. The smallest absolute Gasteiger partial charge is 0.293 e. The number of thioether (sulfide) groups is 2. The Kier molecular flexibility index (Phi) is 7.48. The second kappa shape index (κ2) is 10.5. The summed E-state index contributed by atoms with van der Waals surface area (Å²) < 4.78 is 2.64. The van der Waals surface area contributed by atoms with Gasteiger partial charge in [-0.05, 0) is 5.56 Å². The Morgan fingerprint density at radius 2 is 1.46 bits per heavy atom. The van der Waals surface area contributed by atoms with E-state index in [1.165, 1.54) is 17.3 Å². The van der Waals surface area contributed by atoms with Gasteiger partial charge in [0.15, 0.2) is 24.2 Å². The van der Waals surface area contributed by atoms with Gasteiger partial charge in [0, 0.05) is 23.4 Å². The third-order valence-electron chi connectivity index (χ3n) is 3.92. The predicted octanol–water partition coefficient (Wildman–Crippen LogP) is 5.17. The first-order valence-electron chi connectivity index (χ1n) is 8.77. The second-order valence-electron chi connectivity index (χ2n) is 5.88. The molecule has 3 aromatic rings. The van der Waals surface area contributed by atoms with Crippen molar-refractivity contribution in [3.63, 3.8) is 0 Å².